The minimum absolute atomic E-state index is 0.0961. The Morgan fingerprint density at radius 1 is 0.643 bits per heavy atom. The Hall–Kier alpha value is -0.990. The second kappa shape index (κ2) is 20.7. The fraction of sp³-hybridized carbons (Fsp3) is 0.880. The first kappa shape index (κ1) is 27.0. The Morgan fingerprint density at radius 2 is 0.964 bits per heavy atom. The van der Waals surface area contributed by atoms with Gasteiger partial charge < -0.3 is 9.84 Å². The molecule has 0 rings (SSSR count). The molecule has 0 aliphatic rings. The molecule has 0 aliphatic heterocycles. The molecule has 0 radical (unpaired) electrons. The Morgan fingerprint density at radius 3 is 1.25 bits per heavy atom. The first-order chi connectivity index (χ1) is 13.6. The van der Waals surface area contributed by atoms with E-state index in [1.54, 1.807) is 6.92 Å². The van der Waals surface area contributed by atoms with Crippen molar-refractivity contribution in [3.05, 3.63) is 11.3 Å². The van der Waals surface area contributed by atoms with E-state index in [0.29, 0.717) is 12.0 Å². The zero-order valence-electron chi connectivity index (χ0n) is 19.2. The molecule has 3 nitrogen and oxygen atoms in total. The second-order valence-corrected chi connectivity index (χ2v) is 8.32. The molecular formula is C25H48O3. The van der Waals surface area contributed by atoms with Crippen LogP contribution in [0, 0.1) is 0 Å². The maximum absolute atomic E-state index is 11.5. The number of aliphatic hydroxyl groups excluding tert-OH is 1. The molecule has 0 heterocycles. The van der Waals surface area contributed by atoms with Gasteiger partial charge in [0, 0.05) is 0 Å². The summed E-state index contributed by atoms with van der Waals surface area (Å²) in [5.74, 6) is -0.300. The van der Waals surface area contributed by atoms with E-state index in [4.69, 9.17) is 4.74 Å². The molecule has 0 aliphatic carbocycles. The summed E-state index contributed by atoms with van der Waals surface area (Å²) in [6.07, 6.45) is 24.9. The molecule has 0 aromatic heterocycles. The van der Waals surface area contributed by atoms with Crippen LogP contribution in [0.1, 0.15) is 136 Å². The monoisotopic (exact) mass is 396 g/mol. The maximum Gasteiger partial charge on any atom is 0.337 e. The highest BCUT2D eigenvalue weighted by Gasteiger charge is 2.12. The Kier molecular flexibility index (Phi) is 20.0. The summed E-state index contributed by atoms with van der Waals surface area (Å²) in [7, 11) is 1.36. The van der Waals surface area contributed by atoms with Crippen LogP contribution < -0.4 is 0 Å². The van der Waals surface area contributed by atoms with Gasteiger partial charge in [0.25, 0.3) is 0 Å². The number of ether oxygens (including phenoxy) is 1. The van der Waals surface area contributed by atoms with Crippen LogP contribution in [0.15, 0.2) is 11.3 Å². The highest BCUT2D eigenvalue weighted by Crippen LogP contribution is 2.17. The number of carbonyl (C=O) groups is 1. The van der Waals surface area contributed by atoms with Crippen LogP contribution in [0.3, 0.4) is 0 Å². The number of hydrogen-bond acceptors (Lipinski definition) is 3. The molecule has 166 valence electrons. The van der Waals surface area contributed by atoms with E-state index in [9.17, 15) is 9.90 Å². The average Bonchev–Trinajstić information content (AvgIpc) is 2.69. The fourth-order valence-corrected chi connectivity index (χ4v) is 3.76. The van der Waals surface area contributed by atoms with Gasteiger partial charge in [-0.05, 0) is 19.8 Å². The van der Waals surface area contributed by atoms with Crippen LogP contribution in [-0.2, 0) is 9.53 Å². The smallest absolute Gasteiger partial charge is 0.337 e. The average molecular weight is 397 g/mol. The van der Waals surface area contributed by atoms with Crippen LogP contribution in [-0.4, -0.2) is 18.2 Å². The molecule has 0 aromatic carbocycles. The van der Waals surface area contributed by atoms with Crippen LogP contribution >= 0.6 is 0 Å². The van der Waals surface area contributed by atoms with Gasteiger partial charge >= 0.3 is 5.97 Å². The van der Waals surface area contributed by atoms with E-state index in [-0.39, 0.29) is 5.76 Å². The fourth-order valence-electron chi connectivity index (χ4n) is 3.76. The van der Waals surface area contributed by atoms with Crippen LogP contribution in [0.2, 0.25) is 0 Å². The summed E-state index contributed by atoms with van der Waals surface area (Å²) in [4.78, 5) is 11.5. The van der Waals surface area contributed by atoms with Gasteiger partial charge in [-0.2, -0.15) is 0 Å². The van der Waals surface area contributed by atoms with E-state index < -0.39 is 5.97 Å². The van der Waals surface area contributed by atoms with Crippen molar-refractivity contribution in [3.63, 3.8) is 0 Å². The van der Waals surface area contributed by atoms with E-state index >= 15 is 0 Å². The van der Waals surface area contributed by atoms with Crippen molar-refractivity contribution >= 4 is 5.97 Å². The number of hydrogen-bond donors (Lipinski definition) is 1. The minimum Gasteiger partial charge on any atom is -0.512 e. The van der Waals surface area contributed by atoms with Crippen LogP contribution in [0.4, 0.5) is 0 Å². The first-order valence-corrected chi connectivity index (χ1v) is 12.1. The van der Waals surface area contributed by atoms with Gasteiger partial charge in [-0.15, -0.1) is 0 Å². The van der Waals surface area contributed by atoms with Crippen LogP contribution in [0.25, 0.3) is 0 Å². The molecule has 3 heteroatoms. The SMILES string of the molecule is CCCCCCCCCCCCCCCCCCCCC(C(=O)OC)=C(C)O. The third-order valence-corrected chi connectivity index (χ3v) is 5.65. The number of unbranched alkanes of at least 4 members (excludes halogenated alkanes) is 17. The number of rotatable bonds is 20. The van der Waals surface area contributed by atoms with Gasteiger partial charge in [-0.1, -0.05) is 116 Å². The normalized spacial score (nSPS) is 12.1. The van der Waals surface area contributed by atoms with E-state index in [0.717, 1.165) is 12.8 Å². The van der Waals surface area contributed by atoms with Gasteiger partial charge in [0.2, 0.25) is 0 Å². The summed E-state index contributed by atoms with van der Waals surface area (Å²) >= 11 is 0. The lowest BCUT2D eigenvalue weighted by molar-refractivity contribution is -0.136. The van der Waals surface area contributed by atoms with Crippen LogP contribution in [0.5, 0.6) is 0 Å². The second-order valence-electron chi connectivity index (χ2n) is 8.32. The molecule has 1 N–H and O–H groups in total. The molecule has 0 amide bonds. The maximum atomic E-state index is 11.5. The molecule has 28 heavy (non-hydrogen) atoms. The molecule has 0 aromatic rings. The molecule has 0 atom stereocenters. The quantitative estimate of drug-likeness (QED) is 0.0972. The van der Waals surface area contributed by atoms with Crippen molar-refractivity contribution in [2.45, 2.75) is 136 Å². The van der Waals surface area contributed by atoms with Gasteiger partial charge in [0.1, 0.15) is 0 Å². The van der Waals surface area contributed by atoms with Gasteiger partial charge in [0.05, 0.1) is 18.4 Å². The predicted molar refractivity (Wildman–Crippen MR) is 121 cm³/mol. The highest BCUT2D eigenvalue weighted by molar-refractivity contribution is 5.88. The molecule has 0 saturated heterocycles. The van der Waals surface area contributed by atoms with Crippen molar-refractivity contribution in [3.8, 4) is 0 Å². The Labute approximate surface area is 175 Å². The van der Waals surface area contributed by atoms with E-state index in [1.165, 1.54) is 110 Å². The molecular weight excluding hydrogens is 348 g/mol. The van der Waals surface area contributed by atoms with Crippen molar-refractivity contribution in [2.24, 2.45) is 0 Å². The van der Waals surface area contributed by atoms with Crippen molar-refractivity contribution in [1.82, 2.24) is 0 Å². The molecule has 0 spiro atoms. The molecule has 0 fully saturated rings. The summed E-state index contributed by atoms with van der Waals surface area (Å²) in [5.41, 5.74) is 0.430. The lowest BCUT2D eigenvalue weighted by Crippen LogP contribution is -2.07. The van der Waals surface area contributed by atoms with E-state index in [1.807, 2.05) is 0 Å². The lowest BCUT2D eigenvalue weighted by atomic mass is 10.0. The standard InChI is InChI=1S/C25H48O3/c1-4-5-6-7-8-9-10-11-12-13-14-15-16-17-18-19-20-21-22-24(23(2)26)25(27)28-3/h26H,4-22H2,1-3H3. The Balaban J connectivity index is 3.28. The lowest BCUT2D eigenvalue weighted by Gasteiger charge is -2.07. The van der Waals surface area contributed by atoms with Gasteiger partial charge in [0.15, 0.2) is 0 Å². The number of esters is 1. The topological polar surface area (TPSA) is 46.5 Å². The van der Waals surface area contributed by atoms with Crippen molar-refractivity contribution in [2.75, 3.05) is 7.11 Å². The molecule has 0 bridgehead atoms. The van der Waals surface area contributed by atoms with Crippen molar-refractivity contribution in [1.29, 1.82) is 0 Å². The zero-order valence-corrected chi connectivity index (χ0v) is 19.2. The number of aliphatic hydroxyl groups is 1. The molecule has 0 unspecified atom stereocenters. The first-order valence-electron chi connectivity index (χ1n) is 12.1. The number of allylic oxidation sites excluding steroid dienone is 1. The van der Waals surface area contributed by atoms with E-state index in [2.05, 4.69) is 6.92 Å². The third-order valence-electron chi connectivity index (χ3n) is 5.65. The van der Waals surface area contributed by atoms with Crippen molar-refractivity contribution < 1.29 is 14.6 Å². The Bertz CT molecular complexity index is 383. The summed E-state index contributed by atoms with van der Waals surface area (Å²) in [6.45, 7) is 3.84. The number of methoxy groups -OCH3 is 1. The summed E-state index contributed by atoms with van der Waals surface area (Å²) < 4.78 is 4.70. The minimum atomic E-state index is -0.396. The zero-order chi connectivity index (χ0) is 20.9. The predicted octanol–water partition coefficient (Wildman–Crippen LogP) is 8.42. The summed E-state index contributed by atoms with van der Waals surface area (Å²) in [5, 5.41) is 9.54. The van der Waals surface area contributed by atoms with Gasteiger partial charge in [-0.25, -0.2) is 4.79 Å². The largest absolute Gasteiger partial charge is 0.512 e. The highest BCUT2D eigenvalue weighted by atomic mass is 16.5. The molecule has 0 saturated carbocycles. The van der Waals surface area contributed by atoms with Gasteiger partial charge in [-0.3, -0.25) is 0 Å². The third kappa shape index (κ3) is 17.1. The summed E-state index contributed by atoms with van der Waals surface area (Å²) in [6, 6.07) is 0. The number of carbonyl (C=O) groups excluding carboxylic acids is 1.